The molecule has 0 saturated carbocycles. The molecule has 1 N–H and O–H groups in total. The van der Waals surface area contributed by atoms with Crippen LogP contribution in [-0.2, 0) is 11.3 Å². The van der Waals surface area contributed by atoms with E-state index in [-0.39, 0.29) is 11.8 Å². The van der Waals surface area contributed by atoms with E-state index < -0.39 is 0 Å². The number of aromatic nitrogens is 3. The minimum Gasteiger partial charge on any atom is -0.467 e. The molecule has 5 rings (SSSR count). The Morgan fingerprint density at radius 1 is 1.06 bits per heavy atom. The third-order valence-corrected chi connectivity index (χ3v) is 5.66. The van der Waals surface area contributed by atoms with E-state index >= 15 is 0 Å². The summed E-state index contributed by atoms with van der Waals surface area (Å²) in [5.74, 6) is 2.56. The fourth-order valence-electron chi connectivity index (χ4n) is 3.94. The third kappa shape index (κ3) is 4.25. The monoisotopic (exact) mass is 429 g/mol. The van der Waals surface area contributed by atoms with Crippen LogP contribution in [-0.4, -0.2) is 34.1 Å². The minimum absolute atomic E-state index is 0.0264. The number of benzene rings is 1. The van der Waals surface area contributed by atoms with Gasteiger partial charge in [0.25, 0.3) is 5.89 Å². The number of nitrogens with one attached hydrogen (secondary N) is 1. The van der Waals surface area contributed by atoms with Gasteiger partial charge in [0.1, 0.15) is 11.6 Å². The Morgan fingerprint density at radius 3 is 2.69 bits per heavy atom. The predicted octanol–water partition coefficient (Wildman–Crippen LogP) is 3.92. The fourth-order valence-corrected chi connectivity index (χ4v) is 3.94. The van der Waals surface area contributed by atoms with Crippen LogP contribution in [0.5, 0.6) is 0 Å². The van der Waals surface area contributed by atoms with Crippen LogP contribution < -0.4 is 10.2 Å². The summed E-state index contributed by atoms with van der Waals surface area (Å²) in [4.78, 5) is 23.9. The largest absolute Gasteiger partial charge is 0.467 e. The molecule has 1 aromatic carbocycles. The Balaban J connectivity index is 1.26. The zero-order chi connectivity index (χ0) is 21.8. The smallest absolute Gasteiger partial charge is 0.261 e. The maximum atomic E-state index is 12.5. The number of anilines is 1. The van der Waals surface area contributed by atoms with Crippen LogP contribution in [0.3, 0.4) is 0 Å². The first-order chi connectivity index (χ1) is 15.8. The molecule has 0 spiro atoms. The zero-order valence-electron chi connectivity index (χ0n) is 17.5. The van der Waals surface area contributed by atoms with Gasteiger partial charge in [-0.2, -0.15) is 4.98 Å². The van der Waals surface area contributed by atoms with Crippen molar-refractivity contribution >= 4 is 11.7 Å². The summed E-state index contributed by atoms with van der Waals surface area (Å²) in [5.41, 5.74) is 1.69. The highest BCUT2D eigenvalue weighted by Crippen LogP contribution is 2.31. The van der Waals surface area contributed by atoms with E-state index in [0.717, 1.165) is 48.6 Å². The van der Waals surface area contributed by atoms with E-state index in [4.69, 9.17) is 8.94 Å². The first-order valence-electron chi connectivity index (χ1n) is 10.7. The van der Waals surface area contributed by atoms with Crippen LogP contribution in [0.4, 0.5) is 5.82 Å². The summed E-state index contributed by atoms with van der Waals surface area (Å²) in [6.07, 6.45) is 4.87. The molecule has 0 unspecified atom stereocenters. The van der Waals surface area contributed by atoms with E-state index in [1.807, 2.05) is 54.6 Å². The Hall–Kier alpha value is -3.94. The van der Waals surface area contributed by atoms with Crippen LogP contribution in [0.15, 0.2) is 76.0 Å². The number of rotatable bonds is 6. The Bertz CT molecular complexity index is 1170. The van der Waals surface area contributed by atoms with Crippen molar-refractivity contribution in [1.29, 1.82) is 0 Å². The van der Waals surface area contributed by atoms with Crippen molar-refractivity contribution in [3.05, 3.63) is 72.8 Å². The van der Waals surface area contributed by atoms with Crippen molar-refractivity contribution in [3.63, 3.8) is 0 Å². The van der Waals surface area contributed by atoms with E-state index in [0.29, 0.717) is 18.3 Å². The number of furan rings is 1. The first-order valence-corrected chi connectivity index (χ1v) is 10.7. The van der Waals surface area contributed by atoms with Crippen molar-refractivity contribution in [2.24, 2.45) is 5.92 Å². The maximum Gasteiger partial charge on any atom is 0.261 e. The highest BCUT2D eigenvalue weighted by atomic mass is 16.5. The molecule has 1 amide bonds. The van der Waals surface area contributed by atoms with E-state index in [1.165, 1.54) is 0 Å². The second-order valence-corrected chi connectivity index (χ2v) is 7.72. The normalized spacial score (nSPS) is 14.4. The Labute approximate surface area is 185 Å². The van der Waals surface area contributed by atoms with Crippen molar-refractivity contribution in [2.45, 2.75) is 19.4 Å². The Kier molecular flexibility index (Phi) is 5.65. The lowest BCUT2D eigenvalue weighted by Gasteiger charge is -2.32. The molecule has 162 valence electrons. The number of carbonyl (C=O) groups is 1. The first kappa shape index (κ1) is 20.0. The van der Waals surface area contributed by atoms with Crippen LogP contribution in [0.25, 0.3) is 22.8 Å². The topological polar surface area (TPSA) is 97.3 Å². The van der Waals surface area contributed by atoms with Gasteiger partial charge in [0.2, 0.25) is 11.7 Å². The Morgan fingerprint density at radius 2 is 1.91 bits per heavy atom. The summed E-state index contributed by atoms with van der Waals surface area (Å²) in [6.45, 7) is 1.86. The van der Waals surface area contributed by atoms with Gasteiger partial charge in [0.05, 0.1) is 18.4 Å². The predicted molar refractivity (Wildman–Crippen MR) is 118 cm³/mol. The zero-order valence-corrected chi connectivity index (χ0v) is 17.5. The van der Waals surface area contributed by atoms with Gasteiger partial charge in [0, 0.05) is 30.8 Å². The summed E-state index contributed by atoms with van der Waals surface area (Å²) < 4.78 is 10.8. The van der Waals surface area contributed by atoms with Gasteiger partial charge in [-0.3, -0.25) is 4.79 Å². The molecule has 32 heavy (non-hydrogen) atoms. The van der Waals surface area contributed by atoms with Gasteiger partial charge in [-0.15, -0.1) is 0 Å². The number of piperidine rings is 1. The van der Waals surface area contributed by atoms with E-state index in [1.54, 1.807) is 12.5 Å². The summed E-state index contributed by atoms with van der Waals surface area (Å²) in [7, 11) is 0. The SMILES string of the molecule is O=C(NCc1ccco1)C1CCN(c2ncccc2-c2nc(-c3ccccc3)no2)CC1. The molecule has 0 bridgehead atoms. The summed E-state index contributed by atoms with van der Waals surface area (Å²) in [5, 5.41) is 7.10. The average molecular weight is 429 g/mol. The molecule has 0 aliphatic carbocycles. The highest BCUT2D eigenvalue weighted by molar-refractivity contribution is 5.79. The molecule has 3 aromatic heterocycles. The number of nitrogens with zero attached hydrogens (tertiary/aromatic N) is 4. The molecule has 0 atom stereocenters. The van der Waals surface area contributed by atoms with Gasteiger partial charge in [-0.25, -0.2) is 4.98 Å². The molecule has 1 saturated heterocycles. The lowest BCUT2D eigenvalue weighted by atomic mass is 9.95. The second-order valence-electron chi connectivity index (χ2n) is 7.72. The molecule has 4 aromatic rings. The van der Waals surface area contributed by atoms with Crippen molar-refractivity contribution in [1.82, 2.24) is 20.4 Å². The molecular weight excluding hydrogens is 406 g/mol. The fraction of sp³-hybridized carbons (Fsp3) is 0.250. The molecule has 0 radical (unpaired) electrons. The number of pyridine rings is 1. The number of carbonyl (C=O) groups excluding carboxylic acids is 1. The van der Waals surface area contributed by atoms with Gasteiger partial charge in [0.15, 0.2) is 0 Å². The number of hydrogen-bond donors (Lipinski definition) is 1. The van der Waals surface area contributed by atoms with Crippen molar-refractivity contribution < 1.29 is 13.7 Å². The molecule has 1 aliphatic heterocycles. The van der Waals surface area contributed by atoms with Crippen LogP contribution in [0, 0.1) is 5.92 Å². The quantitative estimate of drug-likeness (QED) is 0.496. The van der Waals surface area contributed by atoms with Crippen molar-refractivity contribution in [2.75, 3.05) is 18.0 Å². The third-order valence-electron chi connectivity index (χ3n) is 5.66. The van der Waals surface area contributed by atoms with Gasteiger partial charge < -0.3 is 19.2 Å². The molecule has 8 nitrogen and oxygen atoms in total. The number of hydrogen-bond acceptors (Lipinski definition) is 7. The summed E-state index contributed by atoms with van der Waals surface area (Å²) in [6, 6.07) is 17.2. The average Bonchev–Trinajstić information content (AvgIpc) is 3.56. The molecule has 4 heterocycles. The molecule has 1 aliphatic rings. The molecule has 8 heteroatoms. The lowest BCUT2D eigenvalue weighted by molar-refractivity contribution is -0.125. The van der Waals surface area contributed by atoms with Gasteiger partial charge in [-0.1, -0.05) is 35.5 Å². The van der Waals surface area contributed by atoms with Gasteiger partial charge >= 0.3 is 0 Å². The maximum absolute atomic E-state index is 12.5. The van der Waals surface area contributed by atoms with Crippen LogP contribution >= 0.6 is 0 Å². The number of amides is 1. The second kappa shape index (κ2) is 9.05. The minimum atomic E-state index is -0.0264. The van der Waals surface area contributed by atoms with E-state index in [2.05, 4.69) is 25.3 Å². The molecule has 1 fully saturated rings. The van der Waals surface area contributed by atoms with Crippen LogP contribution in [0.1, 0.15) is 18.6 Å². The summed E-state index contributed by atoms with van der Waals surface area (Å²) >= 11 is 0. The standard InChI is InChI=1S/C24H23N5O3/c30-23(26-16-19-8-5-15-31-19)18-10-13-29(14-11-18)22-20(9-4-12-25-22)24-27-21(28-32-24)17-6-2-1-3-7-17/h1-9,12,15,18H,10-11,13-14,16H2,(H,26,30). The van der Waals surface area contributed by atoms with Crippen LogP contribution in [0.2, 0.25) is 0 Å². The van der Waals surface area contributed by atoms with Gasteiger partial charge in [-0.05, 0) is 37.1 Å². The van der Waals surface area contributed by atoms with Crippen molar-refractivity contribution in [3.8, 4) is 22.8 Å². The molecular formula is C24H23N5O3. The van der Waals surface area contributed by atoms with E-state index in [9.17, 15) is 4.79 Å². The lowest BCUT2D eigenvalue weighted by Crippen LogP contribution is -2.40. The highest BCUT2D eigenvalue weighted by Gasteiger charge is 2.27.